The van der Waals surface area contributed by atoms with Gasteiger partial charge in [0.1, 0.15) is 0 Å². The molecular formula is C40H29N. The van der Waals surface area contributed by atoms with Crippen LogP contribution >= 0.6 is 0 Å². The Morgan fingerprint density at radius 3 is 1.41 bits per heavy atom. The molecule has 0 atom stereocenters. The lowest BCUT2D eigenvalue weighted by molar-refractivity contribution is 1.29. The zero-order chi connectivity index (χ0) is 27.4. The van der Waals surface area contributed by atoms with Crippen LogP contribution in [0.5, 0.6) is 0 Å². The number of nitrogens with zero attached hydrogens (tertiary/aromatic N) is 1. The average molecular weight is 524 g/mol. The average Bonchev–Trinajstić information content (AvgIpc) is 3.06. The second kappa shape index (κ2) is 11.0. The monoisotopic (exact) mass is 523 g/mol. The highest BCUT2D eigenvalue weighted by atomic mass is 15.1. The van der Waals surface area contributed by atoms with Crippen LogP contribution in [-0.2, 0) is 0 Å². The number of hydrogen-bond donors (Lipinski definition) is 0. The third-order valence-electron chi connectivity index (χ3n) is 7.63. The highest BCUT2D eigenvalue weighted by molar-refractivity contribution is 5.95. The fraction of sp³-hybridized carbons (Fsp3) is 0. The van der Waals surface area contributed by atoms with Crippen molar-refractivity contribution in [3.05, 3.63) is 176 Å². The summed E-state index contributed by atoms with van der Waals surface area (Å²) in [5.74, 6) is 0. The summed E-state index contributed by atoms with van der Waals surface area (Å²) >= 11 is 0. The summed E-state index contributed by atoms with van der Waals surface area (Å²) in [7, 11) is 0. The van der Waals surface area contributed by atoms with Gasteiger partial charge in [0.2, 0.25) is 0 Å². The fourth-order valence-electron chi connectivity index (χ4n) is 5.60. The Hall–Kier alpha value is -5.40. The highest BCUT2D eigenvalue weighted by Crippen LogP contribution is 2.39. The number of rotatable bonds is 6. The Bertz CT molecular complexity index is 1870. The van der Waals surface area contributed by atoms with Crippen molar-refractivity contribution in [1.82, 2.24) is 0 Å². The molecule has 41 heavy (non-hydrogen) atoms. The van der Waals surface area contributed by atoms with Gasteiger partial charge in [-0.05, 0) is 92.7 Å². The van der Waals surface area contributed by atoms with Gasteiger partial charge in [0.15, 0.2) is 0 Å². The van der Waals surface area contributed by atoms with Gasteiger partial charge < -0.3 is 4.90 Å². The van der Waals surface area contributed by atoms with Gasteiger partial charge >= 0.3 is 0 Å². The maximum absolute atomic E-state index is 2.33. The molecule has 0 fully saturated rings. The molecule has 7 aromatic rings. The van der Waals surface area contributed by atoms with Crippen LogP contribution in [-0.4, -0.2) is 0 Å². The van der Waals surface area contributed by atoms with Gasteiger partial charge in [-0.25, -0.2) is 0 Å². The molecule has 0 saturated carbocycles. The molecule has 0 N–H and O–H groups in total. The van der Waals surface area contributed by atoms with Crippen molar-refractivity contribution >= 4 is 27.8 Å². The molecule has 1 nitrogen and oxygen atoms in total. The lowest BCUT2D eigenvalue weighted by atomic mass is 9.90. The Morgan fingerprint density at radius 1 is 0.268 bits per heavy atom. The number of para-hydroxylation sites is 2. The SMILES string of the molecule is c1ccc(-c2ccc(-c3ccccc3)c(-c3ccc4cc(N(c5ccccc5)c5ccccc5)ccc4c3)c2)cc1. The first kappa shape index (κ1) is 24.6. The Kier molecular flexibility index (Phi) is 6.61. The van der Waals surface area contributed by atoms with Crippen LogP contribution in [0.1, 0.15) is 0 Å². The lowest BCUT2D eigenvalue weighted by Crippen LogP contribution is -2.09. The number of hydrogen-bond acceptors (Lipinski definition) is 1. The standard InChI is InChI=1S/C40H29N/c1-5-13-30(14-6-1)34-24-26-39(31-15-7-2-8-16-31)40(29-34)35-22-21-33-28-38(25-23-32(33)27-35)41(36-17-9-3-10-18-36)37-19-11-4-12-20-37/h1-29H. The van der Waals surface area contributed by atoms with Crippen LogP contribution < -0.4 is 4.90 Å². The number of anilines is 3. The van der Waals surface area contributed by atoms with Crippen LogP contribution in [0.4, 0.5) is 17.1 Å². The zero-order valence-corrected chi connectivity index (χ0v) is 22.7. The summed E-state index contributed by atoms with van der Waals surface area (Å²) in [6.45, 7) is 0. The van der Waals surface area contributed by atoms with Gasteiger partial charge in [-0.1, -0.05) is 127 Å². The number of benzene rings is 7. The molecule has 1 heteroatoms. The van der Waals surface area contributed by atoms with Crippen molar-refractivity contribution in [1.29, 1.82) is 0 Å². The third-order valence-corrected chi connectivity index (χ3v) is 7.63. The molecule has 0 aliphatic carbocycles. The lowest BCUT2D eigenvalue weighted by Gasteiger charge is -2.25. The maximum atomic E-state index is 2.33. The minimum Gasteiger partial charge on any atom is -0.310 e. The molecule has 0 unspecified atom stereocenters. The highest BCUT2D eigenvalue weighted by Gasteiger charge is 2.14. The molecule has 0 spiro atoms. The zero-order valence-electron chi connectivity index (χ0n) is 22.7. The Morgan fingerprint density at radius 2 is 0.780 bits per heavy atom. The Labute approximate surface area is 241 Å². The van der Waals surface area contributed by atoms with Gasteiger partial charge in [0.25, 0.3) is 0 Å². The van der Waals surface area contributed by atoms with E-state index >= 15 is 0 Å². The molecule has 0 aromatic heterocycles. The van der Waals surface area contributed by atoms with Gasteiger partial charge in [-0.3, -0.25) is 0 Å². The summed E-state index contributed by atoms with van der Waals surface area (Å²) in [6.07, 6.45) is 0. The van der Waals surface area contributed by atoms with Crippen molar-refractivity contribution in [3.8, 4) is 33.4 Å². The molecule has 0 aliphatic heterocycles. The molecule has 194 valence electrons. The van der Waals surface area contributed by atoms with E-state index in [2.05, 4.69) is 181 Å². The third kappa shape index (κ3) is 5.02. The van der Waals surface area contributed by atoms with Crippen molar-refractivity contribution < 1.29 is 0 Å². The first-order valence-corrected chi connectivity index (χ1v) is 14.0. The van der Waals surface area contributed by atoms with E-state index in [0.717, 1.165) is 17.1 Å². The smallest absolute Gasteiger partial charge is 0.0468 e. The normalized spacial score (nSPS) is 10.9. The molecule has 7 aromatic carbocycles. The Balaban J connectivity index is 1.34. The molecule has 0 saturated heterocycles. The second-order valence-corrected chi connectivity index (χ2v) is 10.2. The first-order valence-electron chi connectivity index (χ1n) is 14.0. The summed E-state index contributed by atoms with van der Waals surface area (Å²) in [6, 6.07) is 62.8. The quantitative estimate of drug-likeness (QED) is 0.209. The van der Waals surface area contributed by atoms with E-state index in [1.165, 1.54) is 44.2 Å². The van der Waals surface area contributed by atoms with Crippen LogP contribution in [0.25, 0.3) is 44.2 Å². The van der Waals surface area contributed by atoms with Crippen molar-refractivity contribution in [2.75, 3.05) is 4.90 Å². The summed E-state index contributed by atoms with van der Waals surface area (Å²) in [5, 5.41) is 2.43. The van der Waals surface area contributed by atoms with Crippen molar-refractivity contribution in [2.24, 2.45) is 0 Å². The molecule has 0 aliphatic rings. The molecule has 0 bridgehead atoms. The second-order valence-electron chi connectivity index (χ2n) is 10.2. The van der Waals surface area contributed by atoms with E-state index in [-0.39, 0.29) is 0 Å². The van der Waals surface area contributed by atoms with E-state index < -0.39 is 0 Å². The predicted octanol–water partition coefficient (Wildman–Crippen LogP) is 11.3. The van der Waals surface area contributed by atoms with Crippen LogP contribution in [0, 0.1) is 0 Å². The van der Waals surface area contributed by atoms with E-state index in [9.17, 15) is 0 Å². The van der Waals surface area contributed by atoms with Crippen LogP contribution in [0.3, 0.4) is 0 Å². The van der Waals surface area contributed by atoms with E-state index in [0.29, 0.717) is 0 Å². The summed E-state index contributed by atoms with van der Waals surface area (Å²) in [4.78, 5) is 2.31. The number of fused-ring (bicyclic) bond motifs is 1. The van der Waals surface area contributed by atoms with Gasteiger partial charge in [-0.15, -0.1) is 0 Å². The largest absolute Gasteiger partial charge is 0.310 e. The molecule has 0 heterocycles. The van der Waals surface area contributed by atoms with E-state index in [1.807, 2.05) is 0 Å². The minimum absolute atomic E-state index is 1.14. The molecule has 7 rings (SSSR count). The van der Waals surface area contributed by atoms with Crippen LogP contribution in [0.15, 0.2) is 176 Å². The van der Waals surface area contributed by atoms with Crippen molar-refractivity contribution in [3.63, 3.8) is 0 Å². The molecule has 0 radical (unpaired) electrons. The van der Waals surface area contributed by atoms with E-state index in [4.69, 9.17) is 0 Å². The predicted molar refractivity (Wildman–Crippen MR) is 175 cm³/mol. The maximum Gasteiger partial charge on any atom is 0.0468 e. The van der Waals surface area contributed by atoms with Gasteiger partial charge in [-0.2, -0.15) is 0 Å². The topological polar surface area (TPSA) is 3.24 Å². The van der Waals surface area contributed by atoms with E-state index in [1.54, 1.807) is 0 Å². The van der Waals surface area contributed by atoms with Gasteiger partial charge in [0.05, 0.1) is 0 Å². The summed E-state index contributed by atoms with van der Waals surface area (Å²) < 4.78 is 0. The molecule has 0 amide bonds. The van der Waals surface area contributed by atoms with Crippen molar-refractivity contribution in [2.45, 2.75) is 0 Å². The minimum atomic E-state index is 1.14. The molecular weight excluding hydrogens is 494 g/mol. The van der Waals surface area contributed by atoms with Crippen LogP contribution in [0.2, 0.25) is 0 Å². The fourth-order valence-corrected chi connectivity index (χ4v) is 5.60. The summed E-state index contributed by atoms with van der Waals surface area (Å²) in [5.41, 5.74) is 10.8. The van der Waals surface area contributed by atoms with Gasteiger partial charge in [0, 0.05) is 17.1 Å². The first-order chi connectivity index (χ1) is 20.3.